The molecule has 0 aromatic carbocycles. The van der Waals surface area contributed by atoms with E-state index in [0.717, 1.165) is 37.6 Å². The van der Waals surface area contributed by atoms with Gasteiger partial charge in [0.1, 0.15) is 18.0 Å². The van der Waals surface area contributed by atoms with Crippen molar-refractivity contribution in [3.8, 4) is 0 Å². The van der Waals surface area contributed by atoms with Gasteiger partial charge >= 0.3 is 0 Å². The summed E-state index contributed by atoms with van der Waals surface area (Å²) in [7, 11) is 2.08. The lowest BCUT2D eigenvalue weighted by molar-refractivity contribution is 0.0464. The molecule has 0 bridgehead atoms. The van der Waals surface area contributed by atoms with Crippen LogP contribution in [0, 0.1) is 5.92 Å². The third-order valence-corrected chi connectivity index (χ3v) is 3.89. The fourth-order valence-corrected chi connectivity index (χ4v) is 2.85. The molecule has 1 aliphatic carbocycles. The minimum atomic E-state index is -0.0966. The molecule has 5 heteroatoms. The molecule has 0 aliphatic heterocycles. The summed E-state index contributed by atoms with van der Waals surface area (Å²) in [4.78, 5) is 11.1. The molecule has 0 spiro atoms. The lowest BCUT2D eigenvalue weighted by atomic mass is 9.82. The highest BCUT2D eigenvalue weighted by molar-refractivity contribution is 5.60. The Balaban J connectivity index is 2.18. The van der Waals surface area contributed by atoms with Crippen molar-refractivity contribution in [3.63, 3.8) is 0 Å². The maximum atomic E-state index is 9.40. The third-order valence-electron chi connectivity index (χ3n) is 3.89. The van der Waals surface area contributed by atoms with Gasteiger partial charge in [0.25, 0.3) is 0 Å². The summed E-state index contributed by atoms with van der Waals surface area (Å²) in [6, 6.07) is 0. The predicted molar refractivity (Wildman–Crippen MR) is 82.3 cm³/mol. The summed E-state index contributed by atoms with van der Waals surface area (Å²) in [5.74, 6) is 2.89. The average molecular weight is 278 g/mol. The quantitative estimate of drug-likeness (QED) is 0.835. The molecule has 1 aliphatic rings. The molecule has 0 unspecified atom stereocenters. The van der Waals surface area contributed by atoms with Crippen LogP contribution in [0.3, 0.4) is 0 Å². The number of nitrogens with one attached hydrogen (secondary N) is 1. The number of aliphatic hydroxyl groups excluding tert-OH is 1. The smallest absolute Gasteiger partial charge is 0.137 e. The Morgan fingerprint density at radius 2 is 2.10 bits per heavy atom. The first-order chi connectivity index (χ1) is 9.52. The van der Waals surface area contributed by atoms with Crippen molar-refractivity contribution < 1.29 is 5.11 Å². The maximum absolute atomic E-state index is 9.40. The summed E-state index contributed by atoms with van der Waals surface area (Å²) >= 11 is 0. The first-order valence-electron chi connectivity index (χ1n) is 7.50. The van der Waals surface area contributed by atoms with Crippen LogP contribution in [0.25, 0.3) is 0 Å². The van der Waals surface area contributed by atoms with Gasteiger partial charge in [-0.1, -0.05) is 13.8 Å². The van der Waals surface area contributed by atoms with E-state index in [0.29, 0.717) is 11.8 Å². The van der Waals surface area contributed by atoms with E-state index >= 15 is 0 Å². The van der Waals surface area contributed by atoms with Crippen LogP contribution in [0.15, 0.2) is 6.33 Å². The molecule has 0 atom stereocenters. The molecule has 1 aromatic rings. The van der Waals surface area contributed by atoms with Crippen molar-refractivity contribution in [1.82, 2.24) is 9.97 Å². The van der Waals surface area contributed by atoms with Crippen LogP contribution in [-0.4, -0.2) is 41.3 Å². The van der Waals surface area contributed by atoms with Gasteiger partial charge in [0.05, 0.1) is 6.10 Å². The Morgan fingerprint density at radius 1 is 1.40 bits per heavy atom. The number of aromatic nitrogens is 2. The summed E-state index contributed by atoms with van der Waals surface area (Å²) in [5, 5.41) is 12.7. The maximum Gasteiger partial charge on any atom is 0.137 e. The largest absolute Gasteiger partial charge is 0.393 e. The van der Waals surface area contributed by atoms with E-state index in [-0.39, 0.29) is 6.10 Å². The number of hydrogen-bond donors (Lipinski definition) is 2. The van der Waals surface area contributed by atoms with Gasteiger partial charge in [0, 0.05) is 25.7 Å². The zero-order valence-electron chi connectivity index (χ0n) is 12.9. The lowest BCUT2D eigenvalue weighted by Gasteiger charge is -2.35. The topological polar surface area (TPSA) is 61.3 Å². The third kappa shape index (κ3) is 3.20. The van der Waals surface area contributed by atoms with Gasteiger partial charge in [0.15, 0.2) is 0 Å². The zero-order chi connectivity index (χ0) is 14.7. The average Bonchev–Trinajstić information content (AvgIpc) is 2.36. The SMILES string of the molecule is CCNc1ncnc(N(C)CC2CC(O)C2)c1C(C)C. The first kappa shape index (κ1) is 15.0. The van der Waals surface area contributed by atoms with Crippen molar-refractivity contribution in [2.24, 2.45) is 5.92 Å². The van der Waals surface area contributed by atoms with Crippen molar-refractivity contribution in [2.75, 3.05) is 30.4 Å². The molecule has 1 fully saturated rings. The van der Waals surface area contributed by atoms with Crippen LogP contribution >= 0.6 is 0 Å². The second-order valence-corrected chi connectivity index (χ2v) is 6.02. The number of rotatable bonds is 6. The summed E-state index contributed by atoms with van der Waals surface area (Å²) in [6.45, 7) is 8.22. The second-order valence-electron chi connectivity index (χ2n) is 6.02. The van der Waals surface area contributed by atoms with Crippen LogP contribution in [0.5, 0.6) is 0 Å². The Morgan fingerprint density at radius 3 is 2.65 bits per heavy atom. The van der Waals surface area contributed by atoms with Gasteiger partial charge in [-0.3, -0.25) is 0 Å². The molecule has 1 saturated carbocycles. The molecule has 1 aromatic heterocycles. The molecular weight excluding hydrogens is 252 g/mol. The predicted octanol–water partition coefficient (Wildman–Crippen LogP) is 2.24. The van der Waals surface area contributed by atoms with Gasteiger partial charge in [-0.05, 0) is 31.6 Å². The van der Waals surface area contributed by atoms with E-state index in [9.17, 15) is 5.11 Å². The van der Waals surface area contributed by atoms with Gasteiger partial charge < -0.3 is 15.3 Å². The van der Waals surface area contributed by atoms with E-state index in [2.05, 4.69) is 48.0 Å². The van der Waals surface area contributed by atoms with E-state index in [1.165, 1.54) is 5.56 Å². The molecule has 1 heterocycles. The first-order valence-corrected chi connectivity index (χ1v) is 7.50. The fourth-order valence-electron chi connectivity index (χ4n) is 2.85. The summed E-state index contributed by atoms with van der Waals surface area (Å²) in [6.07, 6.45) is 3.35. The van der Waals surface area contributed by atoms with Crippen molar-refractivity contribution in [1.29, 1.82) is 0 Å². The normalized spacial score (nSPS) is 21.7. The number of hydrogen-bond acceptors (Lipinski definition) is 5. The van der Waals surface area contributed by atoms with Crippen molar-refractivity contribution >= 4 is 11.6 Å². The van der Waals surface area contributed by atoms with Gasteiger partial charge in [-0.2, -0.15) is 0 Å². The zero-order valence-corrected chi connectivity index (χ0v) is 12.9. The van der Waals surface area contributed by atoms with Crippen molar-refractivity contribution in [2.45, 2.75) is 45.6 Å². The standard InChI is InChI=1S/C15H26N4O/c1-5-16-14-13(10(2)3)15(18-9-17-14)19(4)8-11-6-12(20)7-11/h9-12,20H,5-8H2,1-4H3,(H,16,17,18). The van der Waals surface area contributed by atoms with E-state index in [1.807, 2.05) is 0 Å². The number of anilines is 2. The summed E-state index contributed by atoms with van der Waals surface area (Å²) < 4.78 is 0. The van der Waals surface area contributed by atoms with Gasteiger partial charge in [-0.15, -0.1) is 0 Å². The Bertz CT molecular complexity index is 443. The Kier molecular flexibility index (Phi) is 4.81. The van der Waals surface area contributed by atoms with E-state index in [4.69, 9.17) is 0 Å². The van der Waals surface area contributed by atoms with Crippen LogP contribution in [0.4, 0.5) is 11.6 Å². The second kappa shape index (κ2) is 6.39. The van der Waals surface area contributed by atoms with Gasteiger partial charge in [0.2, 0.25) is 0 Å². The molecule has 2 rings (SSSR count). The highest BCUT2D eigenvalue weighted by Gasteiger charge is 2.29. The Hall–Kier alpha value is -1.36. The van der Waals surface area contributed by atoms with E-state index < -0.39 is 0 Å². The molecule has 112 valence electrons. The highest BCUT2D eigenvalue weighted by Crippen LogP contribution is 2.33. The molecular formula is C15H26N4O. The molecule has 0 saturated heterocycles. The van der Waals surface area contributed by atoms with Crippen LogP contribution in [-0.2, 0) is 0 Å². The molecule has 2 N–H and O–H groups in total. The van der Waals surface area contributed by atoms with Crippen molar-refractivity contribution in [3.05, 3.63) is 11.9 Å². The van der Waals surface area contributed by atoms with Crippen LogP contribution in [0.1, 0.15) is 45.1 Å². The number of aliphatic hydroxyl groups is 1. The van der Waals surface area contributed by atoms with Crippen LogP contribution in [0.2, 0.25) is 0 Å². The van der Waals surface area contributed by atoms with Crippen LogP contribution < -0.4 is 10.2 Å². The number of nitrogens with zero attached hydrogens (tertiary/aromatic N) is 3. The lowest BCUT2D eigenvalue weighted by Crippen LogP contribution is -2.37. The molecule has 5 nitrogen and oxygen atoms in total. The van der Waals surface area contributed by atoms with Gasteiger partial charge in [-0.25, -0.2) is 9.97 Å². The molecule has 0 radical (unpaired) electrons. The molecule has 0 amide bonds. The minimum Gasteiger partial charge on any atom is -0.393 e. The summed E-state index contributed by atoms with van der Waals surface area (Å²) in [5.41, 5.74) is 1.18. The molecule has 20 heavy (non-hydrogen) atoms. The fraction of sp³-hybridized carbons (Fsp3) is 0.733. The Labute approximate surface area is 121 Å². The van der Waals surface area contributed by atoms with E-state index in [1.54, 1.807) is 6.33 Å². The highest BCUT2D eigenvalue weighted by atomic mass is 16.3. The monoisotopic (exact) mass is 278 g/mol. The minimum absolute atomic E-state index is 0.0966.